The van der Waals surface area contributed by atoms with Crippen molar-refractivity contribution in [1.82, 2.24) is 0 Å². The van der Waals surface area contributed by atoms with Crippen LogP contribution in [-0.4, -0.2) is 25.3 Å². The molecule has 0 aromatic carbocycles. The van der Waals surface area contributed by atoms with E-state index in [0.717, 1.165) is 6.42 Å². The molecule has 2 aliphatic carbocycles. The van der Waals surface area contributed by atoms with E-state index in [9.17, 15) is 4.79 Å². The Morgan fingerprint density at radius 3 is 2.94 bits per heavy atom. The van der Waals surface area contributed by atoms with Gasteiger partial charge in [0.15, 0.2) is 5.78 Å². The minimum Gasteiger partial charge on any atom is -0.356 e. The summed E-state index contributed by atoms with van der Waals surface area (Å²) < 4.78 is 11.0. The van der Waals surface area contributed by atoms with Crippen molar-refractivity contribution in [2.75, 3.05) is 13.4 Å². The number of carbonyl (C=O) groups excluding carboxylic acids is 1. The van der Waals surface area contributed by atoms with E-state index in [1.807, 2.05) is 13.0 Å². The largest absolute Gasteiger partial charge is 0.356 e. The number of ketones is 1. The molecule has 0 aliphatic heterocycles. The van der Waals surface area contributed by atoms with Crippen LogP contribution in [0.3, 0.4) is 0 Å². The highest BCUT2D eigenvalue weighted by molar-refractivity contribution is 5.94. The van der Waals surface area contributed by atoms with E-state index in [1.165, 1.54) is 5.57 Å². The van der Waals surface area contributed by atoms with Crippen LogP contribution in [-0.2, 0) is 14.3 Å². The maximum atomic E-state index is 11.4. The molecule has 0 N–H and O–H groups in total. The number of allylic oxidation sites excluding steroid dienone is 1. The zero-order chi connectivity index (χ0) is 11.8. The summed E-state index contributed by atoms with van der Waals surface area (Å²) in [5.41, 5.74) is 1.39. The van der Waals surface area contributed by atoms with Gasteiger partial charge in [-0.25, -0.2) is 0 Å². The van der Waals surface area contributed by atoms with Crippen molar-refractivity contribution in [1.29, 1.82) is 0 Å². The van der Waals surface area contributed by atoms with E-state index >= 15 is 0 Å². The molecule has 0 bridgehead atoms. The molecule has 0 heterocycles. The monoisotopic (exact) mass is 224 g/mol. The first-order chi connectivity index (χ1) is 7.54. The standard InChI is InChI=1S/C13H20O3/c1-4-15-8-16-12-11-6-10(14)5-9(11)7-13(12,2)3/h5,11-12H,4,6-8H2,1-3H3/t11-,12-/m1/s1. The van der Waals surface area contributed by atoms with E-state index < -0.39 is 0 Å². The molecule has 2 rings (SSSR count). The SMILES string of the molecule is CCOCO[C@@H]1[C@@H]2CC(=O)C=C2CC1(C)C. The predicted molar refractivity (Wildman–Crippen MR) is 61.0 cm³/mol. The molecular formula is C13H20O3. The summed E-state index contributed by atoms with van der Waals surface area (Å²) in [5.74, 6) is 0.545. The fourth-order valence-electron chi connectivity index (χ4n) is 2.92. The smallest absolute Gasteiger partial charge is 0.156 e. The van der Waals surface area contributed by atoms with Crippen LogP contribution in [0.5, 0.6) is 0 Å². The van der Waals surface area contributed by atoms with Crippen molar-refractivity contribution in [3.05, 3.63) is 11.6 Å². The molecule has 0 radical (unpaired) electrons. The van der Waals surface area contributed by atoms with E-state index in [2.05, 4.69) is 13.8 Å². The average Bonchev–Trinajstić information content (AvgIpc) is 2.61. The topological polar surface area (TPSA) is 35.5 Å². The highest BCUT2D eigenvalue weighted by atomic mass is 16.7. The van der Waals surface area contributed by atoms with Crippen LogP contribution in [0.15, 0.2) is 11.6 Å². The van der Waals surface area contributed by atoms with Gasteiger partial charge in [-0.3, -0.25) is 4.79 Å². The van der Waals surface area contributed by atoms with Gasteiger partial charge in [-0.05, 0) is 24.8 Å². The van der Waals surface area contributed by atoms with E-state index in [-0.39, 0.29) is 17.3 Å². The summed E-state index contributed by atoms with van der Waals surface area (Å²) >= 11 is 0. The van der Waals surface area contributed by atoms with Crippen LogP contribution in [0.1, 0.15) is 33.6 Å². The first kappa shape index (κ1) is 11.8. The van der Waals surface area contributed by atoms with Crippen molar-refractivity contribution < 1.29 is 14.3 Å². The predicted octanol–water partition coefficient (Wildman–Crippen LogP) is 2.31. The Labute approximate surface area is 96.8 Å². The molecule has 0 unspecified atom stereocenters. The molecule has 0 amide bonds. The Balaban J connectivity index is 2.04. The summed E-state index contributed by atoms with van der Waals surface area (Å²) in [4.78, 5) is 11.4. The normalized spacial score (nSPS) is 31.7. The number of hydrogen-bond acceptors (Lipinski definition) is 3. The van der Waals surface area contributed by atoms with Gasteiger partial charge in [0.05, 0.1) is 6.10 Å². The van der Waals surface area contributed by atoms with Crippen LogP contribution >= 0.6 is 0 Å². The molecule has 90 valence electrons. The Bertz CT molecular complexity index is 317. The number of ether oxygens (including phenoxy) is 2. The molecule has 0 saturated heterocycles. The minimum atomic E-state index is 0.119. The Kier molecular flexibility index (Phi) is 3.17. The van der Waals surface area contributed by atoms with Crippen LogP contribution in [0.4, 0.5) is 0 Å². The lowest BCUT2D eigenvalue weighted by molar-refractivity contribution is -0.130. The first-order valence-corrected chi connectivity index (χ1v) is 5.97. The third kappa shape index (κ3) is 2.06. The van der Waals surface area contributed by atoms with Crippen molar-refractivity contribution in [2.24, 2.45) is 11.3 Å². The summed E-state index contributed by atoms with van der Waals surface area (Å²) in [6.45, 7) is 7.36. The maximum absolute atomic E-state index is 11.4. The lowest BCUT2D eigenvalue weighted by Gasteiger charge is -2.29. The Hall–Kier alpha value is -0.670. The third-order valence-corrected chi connectivity index (χ3v) is 3.57. The molecule has 16 heavy (non-hydrogen) atoms. The van der Waals surface area contributed by atoms with E-state index in [4.69, 9.17) is 9.47 Å². The van der Waals surface area contributed by atoms with E-state index in [1.54, 1.807) is 0 Å². The molecule has 2 atom stereocenters. The summed E-state index contributed by atoms with van der Waals surface area (Å²) in [5, 5.41) is 0. The lowest BCUT2D eigenvalue weighted by atomic mass is 9.86. The Morgan fingerprint density at radius 2 is 2.25 bits per heavy atom. The van der Waals surface area contributed by atoms with Gasteiger partial charge in [-0.1, -0.05) is 19.4 Å². The molecular weight excluding hydrogens is 204 g/mol. The first-order valence-electron chi connectivity index (χ1n) is 5.97. The molecule has 3 heteroatoms. The molecule has 1 saturated carbocycles. The summed E-state index contributed by atoms with van der Waals surface area (Å²) in [6.07, 6.45) is 3.53. The number of rotatable bonds is 4. The van der Waals surface area contributed by atoms with Gasteiger partial charge in [-0.2, -0.15) is 0 Å². The van der Waals surface area contributed by atoms with Crippen molar-refractivity contribution in [3.63, 3.8) is 0 Å². The second-order valence-electron chi connectivity index (χ2n) is 5.36. The summed E-state index contributed by atoms with van der Waals surface area (Å²) in [6, 6.07) is 0. The average molecular weight is 224 g/mol. The van der Waals surface area contributed by atoms with Crippen LogP contribution in [0, 0.1) is 11.3 Å². The molecule has 0 spiro atoms. The number of hydrogen-bond donors (Lipinski definition) is 0. The second-order valence-corrected chi connectivity index (χ2v) is 5.36. The zero-order valence-corrected chi connectivity index (χ0v) is 10.3. The zero-order valence-electron chi connectivity index (χ0n) is 10.3. The second kappa shape index (κ2) is 4.30. The van der Waals surface area contributed by atoms with Crippen LogP contribution in [0.2, 0.25) is 0 Å². The van der Waals surface area contributed by atoms with Gasteiger partial charge in [0, 0.05) is 18.9 Å². The molecule has 1 fully saturated rings. The number of fused-ring (bicyclic) bond motifs is 1. The molecule has 0 aromatic heterocycles. The van der Waals surface area contributed by atoms with E-state index in [0.29, 0.717) is 25.7 Å². The van der Waals surface area contributed by atoms with Gasteiger partial charge < -0.3 is 9.47 Å². The molecule has 0 aromatic rings. The lowest BCUT2D eigenvalue weighted by Crippen LogP contribution is -2.32. The maximum Gasteiger partial charge on any atom is 0.156 e. The van der Waals surface area contributed by atoms with Gasteiger partial charge in [0.25, 0.3) is 0 Å². The van der Waals surface area contributed by atoms with Gasteiger partial charge in [0.1, 0.15) is 6.79 Å². The van der Waals surface area contributed by atoms with Crippen molar-refractivity contribution in [2.45, 2.75) is 39.7 Å². The minimum absolute atomic E-state index is 0.119. The molecule has 3 nitrogen and oxygen atoms in total. The number of carbonyl (C=O) groups is 1. The summed E-state index contributed by atoms with van der Waals surface area (Å²) in [7, 11) is 0. The van der Waals surface area contributed by atoms with Gasteiger partial charge in [0.2, 0.25) is 0 Å². The Morgan fingerprint density at radius 1 is 1.50 bits per heavy atom. The fraction of sp³-hybridized carbons (Fsp3) is 0.769. The third-order valence-electron chi connectivity index (χ3n) is 3.57. The van der Waals surface area contributed by atoms with Crippen LogP contribution in [0.25, 0.3) is 0 Å². The van der Waals surface area contributed by atoms with Crippen molar-refractivity contribution in [3.8, 4) is 0 Å². The van der Waals surface area contributed by atoms with Gasteiger partial charge >= 0.3 is 0 Å². The quantitative estimate of drug-likeness (QED) is 0.543. The highest BCUT2D eigenvalue weighted by Crippen LogP contribution is 2.50. The fourth-order valence-corrected chi connectivity index (χ4v) is 2.92. The molecule has 2 aliphatic rings. The highest BCUT2D eigenvalue weighted by Gasteiger charge is 2.48. The van der Waals surface area contributed by atoms with Crippen LogP contribution < -0.4 is 0 Å². The van der Waals surface area contributed by atoms with Gasteiger partial charge in [-0.15, -0.1) is 0 Å². The van der Waals surface area contributed by atoms with Crippen molar-refractivity contribution >= 4 is 5.78 Å².